The summed E-state index contributed by atoms with van der Waals surface area (Å²) in [5, 5.41) is 3.79. The van der Waals surface area contributed by atoms with E-state index in [9.17, 15) is 9.59 Å². The van der Waals surface area contributed by atoms with Crippen LogP contribution in [0, 0.1) is 17.8 Å². The average molecular weight is 443 g/mol. The third-order valence-electron chi connectivity index (χ3n) is 6.65. The van der Waals surface area contributed by atoms with Crippen molar-refractivity contribution in [2.45, 2.75) is 58.4 Å². The lowest BCUT2D eigenvalue weighted by atomic mass is 9.86. The number of halogens is 1. The van der Waals surface area contributed by atoms with E-state index in [0.29, 0.717) is 18.3 Å². The van der Waals surface area contributed by atoms with Crippen LogP contribution in [-0.4, -0.2) is 35.8 Å². The molecule has 1 fully saturated rings. The van der Waals surface area contributed by atoms with Crippen molar-refractivity contribution in [2.75, 3.05) is 13.1 Å². The van der Waals surface area contributed by atoms with E-state index in [-0.39, 0.29) is 23.7 Å². The van der Waals surface area contributed by atoms with Crippen LogP contribution in [0.1, 0.15) is 57.9 Å². The summed E-state index contributed by atoms with van der Waals surface area (Å²) in [6.07, 6.45) is 11.7. The molecule has 1 aliphatic carbocycles. The lowest BCUT2D eigenvalue weighted by Gasteiger charge is -2.35. The van der Waals surface area contributed by atoms with Gasteiger partial charge in [-0.25, -0.2) is 0 Å². The van der Waals surface area contributed by atoms with Gasteiger partial charge in [-0.3, -0.25) is 9.59 Å². The van der Waals surface area contributed by atoms with Crippen molar-refractivity contribution in [3.8, 4) is 0 Å². The third kappa shape index (κ3) is 6.46. The summed E-state index contributed by atoms with van der Waals surface area (Å²) in [7, 11) is 0. The van der Waals surface area contributed by atoms with Gasteiger partial charge in [0.2, 0.25) is 11.8 Å². The molecule has 0 saturated carbocycles. The second kappa shape index (κ2) is 11.0. The van der Waals surface area contributed by atoms with Crippen molar-refractivity contribution in [1.29, 1.82) is 0 Å². The Morgan fingerprint density at radius 1 is 1.10 bits per heavy atom. The molecule has 1 heterocycles. The number of benzene rings is 1. The zero-order valence-electron chi connectivity index (χ0n) is 18.9. The van der Waals surface area contributed by atoms with Gasteiger partial charge in [-0.15, -0.1) is 0 Å². The van der Waals surface area contributed by atoms with Gasteiger partial charge in [-0.1, -0.05) is 68.8 Å². The summed E-state index contributed by atoms with van der Waals surface area (Å²) in [6, 6.07) is 7.56. The number of carbonyl (C=O) groups is 2. The lowest BCUT2D eigenvalue weighted by molar-refractivity contribution is -0.138. The number of nitrogens with zero attached hydrogens (tertiary/aromatic N) is 1. The number of carbonyl (C=O) groups excluding carboxylic acids is 2. The maximum Gasteiger partial charge on any atom is 0.245 e. The molecule has 3 rings (SSSR count). The molecule has 3 atom stereocenters. The largest absolute Gasteiger partial charge is 0.344 e. The fourth-order valence-corrected chi connectivity index (χ4v) is 4.70. The molecule has 1 saturated heterocycles. The number of allylic oxidation sites excluding steroid dienone is 4. The van der Waals surface area contributed by atoms with Crippen LogP contribution >= 0.6 is 11.6 Å². The molecule has 1 N–H and O–H groups in total. The summed E-state index contributed by atoms with van der Waals surface area (Å²) in [4.78, 5) is 27.9. The first-order valence-electron chi connectivity index (χ1n) is 11.5. The van der Waals surface area contributed by atoms with Crippen molar-refractivity contribution in [2.24, 2.45) is 17.8 Å². The fourth-order valence-electron chi connectivity index (χ4n) is 4.58. The van der Waals surface area contributed by atoms with Crippen LogP contribution in [0.3, 0.4) is 0 Å². The van der Waals surface area contributed by atoms with Crippen LogP contribution in [-0.2, 0) is 9.59 Å². The van der Waals surface area contributed by atoms with E-state index in [4.69, 9.17) is 11.6 Å². The molecule has 0 radical (unpaired) electrons. The first-order chi connectivity index (χ1) is 14.8. The number of amides is 2. The van der Waals surface area contributed by atoms with Crippen LogP contribution in [0.2, 0.25) is 5.02 Å². The van der Waals surface area contributed by atoms with Gasteiger partial charge in [0.15, 0.2) is 0 Å². The van der Waals surface area contributed by atoms with E-state index >= 15 is 0 Å². The van der Waals surface area contributed by atoms with Crippen LogP contribution in [0.4, 0.5) is 0 Å². The van der Waals surface area contributed by atoms with Gasteiger partial charge in [0, 0.05) is 24.5 Å². The highest BCUT2D eigenvalue weighted by atomic mass is 35.5. The monoisotopic (exact) mass is 442 g/mol. The van der Waals surface area contributed by atoms with E-state index < -0.39 is 6.04 Å². The molecule has 0 bridgehead atoms. The zero-order chi connectivity index (χ0) is 22.4. The van der Waals surface area contributed by atoms with Crippen molar-refractivity contribution < 1.29 is 9.59 Å². The summed E-state index contributed by atoms with van der Waals surface area (Å²) in [6.45, 7) is 7.56. The highest BCUT2D eigenvalue weighted by Gasteiger charge is 2.32. The van der Waals surface area contributed by atoms with Gasteiger partial charge < -0.3 is 10.2 Å². The highest BCUT2D eigenvalue weighted by Crippen LogP contribution is 2.29. The van der Waals surface area contributed by atoms with Gasteiger partial charge in [-0.2, -0.15) is 0 Å². The Kier molecular flexibility index (Phi) is 8.36. The number of rotatable bonds is 7. The minimum atomic E-state index is -0.464. The van der Waals surface area contributed by atoms with Gasteiger partial charge in [0.05, 0.1) is 0 Å². The standard InChI is InChI=1S/C26H35ClN2O2/c1-18(2)25(28-24(30)17-19(3)20-7-5-4-6-8-20)26(31)29-15-13-22(14-16-29)21-9-11-23(27)12-10-21/h4-7,9-12,18-20,22,25H,8,13-17H2,1-3H3,(H,28,30)/t19-,20?,25+/m0/s1. The first-order valence-corrected chi connectivity index (χ1v) is 11.9. The molecule has 1 aromatic rings. The molecular formula is C26H35ClN2O2. The van der Waals surface area contributed by atoms with E-state index in [1.165, 1.54) is 5.56 Å². The third-order valence-corrected chi connectivity index (χ3v) is 6.90. The number of hydrogen-bond donors (Lipinski definition) is 1. The van der Waals surface area contributed by atoms with Crippen LogP contribution in [0.25, 0.3) is 0 Å². The van der Waals surface area contributed by atoms with Gasteiger partial charge in [0.1, 0.15) is 6.04 Å². The number of likely N-dealkylation sites (tertiary alicyclic amines) is 1. The summed E-state index contributed by atoms with van der Waals surface area (Å²) in [5.74, 6) is 1.16. The molecule has 2 amide bonds. The molecule has 1 unspecified atom stereocenters. The van der Waals surface area contributed by atoms with Gasteiger partial charge in [-0.05, 0) is 60.6 Å². The Morgan fingerprint density at radius 2 is 1.77 bits per heavy atom. The lowest BCUT2D eigenvalue weighted by Crippen LogP contribution is -2.53. The molecule has 4 nitrogen and oxygen atoms in total. The minimum Gasteiger partial charge on any atom is -0.344 e. The van der Waals surface area contributed by atoms with Crippen LogP contribution in [0.15, 0.2) is 48.6 Å². The quantitative estimate of drug-likeness (QED) is 0.619. The predicted molar refractivity (Wildman–Crippen MR) is 127 cm³/mol. The Labute approximate surface area is 191 Å². The van der Waals surface area contributed by atoms with E-state index in [1.54, 1.807) is 0 Å². The molecule has 0 aromatic heterocycles. The first kappa shape index (κ1) is 23.6. The van der Waals surface area contributed by atoms with Crippen molar-refractivity contribution in [1.82, 2.24) is 10.2 Å². The Balaban J connectivity index is 1.53. The van der Waals surface area contributed by atoms with Gasteiger partial charge >= 0.3 is 0 Å². The maximum atomic E-state index is 13.2. The SMILES string of the molecule is CC(C)[C@@H](NC(=O)C[C@H](C)C1C=CC=CC1)C(=O)N1CCC(c2ccc(Cl)cc2)CC1. The Morgan fingerprint density at radius 3 is 2.35 bits per heavy atom. The molecule has 0 spiro atoms. The zero-order valence-corrected chi connectivity index (χ0v) is 19.6. The second-order valence-corrected chi connectivity index (χ2v) is 9.77. The topological polar surface area (TPSA) is 49.4 Å². The summed E-state index contributed by atoms with van der Waals surface area (Å²) >= 11 is 6.00. The fraction of sp³-hybridized carbons (Fsp3) is 0.538. The highest BCUT2D eigenvalue weighted by molar-refractivity contribution is 6.30. The Bertz CT molecular complexity index is 807. The predicted octanol–water partition coefficient (Wildman–Crippen LogP) is 5.35. The van der Waals surface area contributed by atoms with E-state index in [2.05, 4.69) is 42.6 Å². The average Bonchev–Trinajstić information content (AvgIpc) is 2.78. The summed E-state index contributed by atoms with van der Waals surface area (Å²) in [5.41, 5.74) is 1.28. The molecule has 1 aromatic carbocycles. The number of piperidine rings is 1. The minimum absolute atomic E-state index is 0.0291. The number of hydrogen-bond acceptors (Lipinski definition) is 2. The van der Waals surface area contributed by atoms with E-state index in [1.807, 2.05) is 37.0 Å². The van der Waals surface area contributed by atoms with E-state index in [0.717, 1.165) is 37.4 Å². The van der Waals surface area contributed by atoms with Crippen LogP contribution < -0.4 is 5.32 Å². The molecule has 168 valence electrons. The Hall–Kier alpha value is -2.07. The normalized spacial score (nSPS) is 21.2. The summed E-state index contributed by atoms with van der Waals surface area (Å²) < 4.78 is 0. The maximum absolute atomic E-state index is 13.2. The molecule has 2 aliphatic rings. The van der Waals surface area contributed by atoms with Gasteiger partial charge in [0.25, 0.3) is 0 Å². The molecule has 31 heavy (non-hydrogen) atoms. The number of nitrogens with one attached hydrogen (secondary N) is 1. The smallest absolute Gasteiger partial charge is 0.245 e. The molecule has 1 aliphatic heterocycles. The van der Waals surface area contributed by atoms with Crippen molar-refractivity contribution >= 4 is 23.4 Å². The molecular weight excluding hydrogens is 408 g/mol. The van der Waals surface area contributed by atoms with Crippen molar-refractivity contribution in [3.63, 3.8) is 0 Å². The second-order valence-electron chi connectivity index (χ2n) is 9.33. The van der Waals surface area contributed by atoms with Crippen LogP contribution in [0.5, 0.6) is 0 Å². The van der Waals surface area contributed by atoms with Crippen molar-refractivity contribution in [3.05, 3.63) is 59.2 Å². The molecule has 5 heteroatoms.